The van der Waals surface area contributed by atoms with Crippen molar-refractivity contribution in [3.05, 3.63) is 11.6 Å². The maximum absolute atomic E-state index is 12.1. The van der Waals surface area contributed by atoms with E-state index in [1.54, 1.807) is 0 Å². The Bertz CT molecular complexity index is 370. The fourth-order valence-electron chi connectivity index (χ4n) is 2.67. The molecule has 0 radical (unpaired) electrons. The number of hydrogen-bond acceptors (Lipinski definition) is 4. The Morgan fingerprint density at radius 2 is 1.95 bits per heavy atom. The molecular formula is C16H29N3O2. The lowest BCUT2D eigenvalue weighted by molar-refractivity contribution is -0.118. The minimum Gasteiger partial charge on any atom is -0.378 e. The van der Waals surface area contributed by atoms with E-state index >= 15 is 0 Å². The third-order valence-corrected chi connectivity index (χ3v) is 4.25. The van der Waals surface area contributed by atoms with Crippen molar-refractivity contribution in [1.29, 1.82) is 0 Å². The second-order valence-corrected chi connectivity index (χ2v) is 6.42. The number of ether oxygens (including phenoxy) is 1. The zero-order valence-electron chi connectivity index (χ0n) is 13.6. The van der Waals surface area contributed by atoms with Gasteiger partial charge in [-0.3, -0.25) is 14.6 Å². The zero-order valence-corrected chi connectivity index (χ0v) is 13.6. The van der Waals surface area contributed by atoms with Gasteiger partial charge in [-0.05, 0) is 12.8 Å². The number of nitrogens with one attached hydrogen (secondary N) is 1. The van der Waals surface area contributed by atoms with Crippen molar-refractivity contribution in [2.24, 2.45) is 5.92 Å². The van der Waals surface area contributed by atoms with Crippen LogP contribution in [0.5, 0.6) is 0 Å². The molecule has 0 saturated carbocycles. The largest absolute Gasteiger partial charge is 0.378 e. The summed E-state index contributed by atoms with van der Waals surface area (Å²) in [6.07, 6.45) is 1.95. The molecule has 5 heteroatoms. The molecule has 2 fully saturated rings. The van der Waals surface area contributed by atoms with Crippen LogP contribution in [0, 0.1) is 5.92 Å². The molecule has 2 saturated heterocycles. The molecule has 0 aliphatic carbocycles. The summed E-state index contributed by atoms with van der Waals surface area (Å²) < 4.78 is 5.26. The van der Waals surface area contributed by atoms with Gasteiger partial charge in [0.25, 0.3) is 0 Å². The molecule has 0 bridgehead atoms. The summed E-state index contributed by atoms with van der Waals surface area (Å²) >= 11 is 0. The number of carbonyl (C=O) groups excluding carboxylic acids is 1. The van der Waals surface area contributed by atoms with Crippen molar-refractivity contribution in [3.63, 3.8) is 0 Å². The van der Waals surface area contributed by atoms with Gasteiger partial charge in [-0.25, -0.2) is 0 Å². The van der Waals surface area contributed by atoms with E-state index in [1.807, 2.05) is 13.0 Å². The highest BCUT2D eigenvalue weighted by Crippen LogP contribution is 2.14. The van der Waals surface area contributed by atoms with Crippen molar-refractivity contribution >= 4 is 5.91 Å². The van der Waals surface area contributed by atoms with E-state index in [1.165, 1.54) is 0 Å². The molecule has 5 nitrogen and oxygen atoms in total. The average molecular weight is 295 g/mol. The molecule has 2 aliphatic heterocycles. The Morgan fingerprint density at radius 3 is 2.43 bits per heavy atom. The third kappa shape index (κ3) is 4.80. The minimum atomic E-state index is 0.0843. The first-order valence-electron chi connectivity index (χ1n) is 8.07. The van der Waals surface area contributed by atoms with Crippen LogP contribution >= 0.6 is 0 Å². The highest BCUT2D eigenvalue weighted by Gasteiger charge is 2.29. The summed E-state index contributed by atoms with van der Waals surface area (Å²) in [6, 6.07) is 0.627. The fraction of sp³-hybridized carbons (Fsp3) is 0.812. The van der Waals surface area contributed by atoms with Gasteiger partial charge in [0.15, 0.2) is 0 Å². The van der Waals surface area contributed by atoms with E-state index in [0.29, 0.717) is 12.0 Å². The first-order valence-corrected chi connectivity index (χ1v) is 8.07. The molecule has 0 spiro atoms. The van der Waals surface area contributed by atoms with Crippen LogP contribution < -0.4 is 5.32 Å². The van der Waals surface area contributed by atoms with Gasteiger partial charge in [-0.15, -0.1) is 0 Å². The predicted molar refractivity (Wildman–Crippen MR) is 84.2 cm³/mol. The lowest BCUT2D eigenvalue weighted by atomic mass is 10.1. The molecule has 1 N–H and O–H groups in total. The second-order valence-electron chi connectivity index (χ2n) is 6.42. The van der Waals surface area contributed by atoms with Crippen LogP contribution in [0.2, 0.25) is 0 Å². The Kier molecular flexibility index (Phi) is 6.21. The predicted octanol–water partition coefficient (Wildman–Crippen LogP) is 0.721. The fourth-order valence-corrected chi connectivity index (χ4v) is 2.67. The van der Waals surface area contributed by atoms with Gasteiger partial charge in [0, 0.05) is 44.8 Å². The van der Waals surface area contributed by atoms with Crippen molar-refractivity contribution in [1.82, 2.24) is 15.1 Å². The lowest BCUT2D eigenvalue weighted by Gasteiger charge is -2.42. The Labute approximate surface area is 128 Å². The third-order valence-electron chi connectivity index (χ3n) is 4.25. The molecular weight excluding hydrogens is 266 g/mol. The van der Waals surface area contributed by atoms with E-state index in [0.717, 1.165) is 58.1 Å². The smallest absolute Gasteiger partial charge is 0.248 e. The van der Waals surface area contributed by atoms with Gasteiger partial charge < -0.3 is 10.1 Å². The number of amides is 1. The maximum Gasteiger partial charge on any atom is 0.248 e. The first-order chi connectivity index (χ1) is 10.1. The minimum absolute atomic E-state index is 0.0843. The highest BCUT2D eigenvalue weighted by atomic mass is 16.5. The molecule has 2 heterocycles. The molecule has 0 unspecified atom stereocenters. The van der Waals surface area contributed by atoms with Crippen LogP contribution in [-0.2, 0) is 9.53 Å². The number of nitrogens with zero attached hydrogens (tertiary/aromatic N) is 2. The molecule has 0 aromatic rings. The van der Waals surface area contributed by atoms with Gasteiger partial charge in [-0.1, -0.05) is 19.9 Å². The van der Waals surface area contributed by atoms with Crippen molar-refractivity contribution in [3.8, 4) is 0 Å². The highest BCUT2D eigenvalue weighted by molar-refractivity contribution is 5.93. The van der Waals surface area contributed by atoms with Crippen molar-refractivity contribution in [2.75, 3.05) is 52.5 Å². The molecule has 120 valence electrons. The van der Waals surface area contributed by atoms with Crippen LogP contribution in [0.3, 0.4) is 0 Å². The van der Waals surface area contributed by atoms with E-state index in [2.05, 4.69) is 29.0 Å². The van der Waals surface area contributed by atoms with Gasteiger partial charge in [0.2, 0.25) is 5.91 Å². The quantitative estimate of drug-likeness (QED) is 0.734. The van der Waals surface area contributed by atoms with Crippen LogP contribution in [0.1, 0.15) is 20.8 Å². The van der Waals surface area contributed by atoms with Gasteiger partial charge in [-0.2, -0.15) is 0 Å². The topological polar surface area (TPSA) is 44.8 Å². The SMILES string of the molecule is C/C=C(/CN1CCN(C2COC2)CC1)C(=O)NCC(C)C. The van der Waals surface area contributed by atoms with Crippen LogP contribution in [0.4, 0.5) is 0 Å². The average Bonchev–Trinajstić information content (AvgIpc) is 2.42. The van der Waals surface area contributed by atoms with Crippen LogP contribution in [0.15, 0.2) is 11.6 Å². The molecule has 2 rings (SSSR count). The normalized spacial score (nSPS) is 22.4. The summed E-state index contributed by atoms with van der Waals surface area (Å²) in [4.78, 5) is 17.0. The molecule has 1 amide bonds. The van der Waals surface area contributed by atoms with Gasteiger partial charge >= 0.3 is 0 Å². The van der Waals surface area contributed by atoms with Gasteiger partial charge in [0.05, 0.1) is 19.3 Å². The Morgan fingerprint density at radius 1 is 1.29 bits per heavy atom. The molecule has 0 atom stereocenters. The van der Waals surface area contributed by atoms with E-state index < -0.39 is 0 Å². The molecule has 0 aromatic heterocycles. The number of rotatable bonds is 6. The summed E-state index contributed by atoms with van der Waals surface area (Å²) in [7, 11) is 0. The summed E-state index contributed by atoms with van der Waals surface area (Å²) in [6.45, 7) is 13.7. The van der Waals surface area contributed by atoms with Crippen molar-refractivity contribution in [2.45, 2.75) is 26.8 Å². The number of allylic oxidation sites excluding steroid dienone is 1. The Hall–Kier alpha value is -0.910. The number of hydrogen-bond donors (Lipinski definition) is 1. The monoisotopic (exact) mass is 295 g/mol. The standard InChI is InChI=1S/C16H29N3O2/c1-4-14(16(20)17-9-13(2)3)10-18-5-7-19(8-6-18)15-11-21-12-15/h4,13,15H,5-12H2,1-3H3,(H,17,20)/b14-4-. The molecule has 21 heavy (non-hydrogen) atoms. The van der Waals surface area contributed by atoms with Gasteiger partial charge in [0.1, 0.15) is 0 Å². The Balaban J connectivity index is 1.73. The van der Waals surface area contributed by atoms with Crippen molar-refractivity contribution < 1.29 is 9.53 Å². The van der Waals surface area contributed by atoms with E-state index in [9.17, 15) is 4.79 Å². The maximum atomic E-state index is 12.1. The van der Waals surface area contributed by atoms with E-state index in [4.69, 9.17) is 4.74 Å². The molecule has 0 aromatic carbocycles. The lowest BCUT2D eigenvalue weighted by Crippen LogP contribution is -2.56. The van der Waals surface area contributed by atoms with Crippen LogP contribution in [-0.4, -0.2) is 74.2 Å². The second kappa shape index (κ2) is 7.92. The summed E-state index contributed by atoms with van der Waals surface area (Å²) in [5, 5.41) is 3.01. The zero-order chi connectivity index (χ0) is 15.2. The van der Waals surface area contributed by atoms with E-state index in [-0.39, 0.29) is 5.91 Å². The summed E-state index contributed by atoms with van der Waals surface area (Å²) in [5.41, 5.74) is 0.885. The first kappa shape index (κ1) is 16.5. The number of carbonyl (C=O) groups is 1. The van der Waals surface area contributed by atoms with Crippen LogP contribution in [0.25, 0.3) is 0 Å². The summed E-state index contributed by atoms with van der Waals surface area (Å²) in [5.74, 6) is 0.571. The number of piperazine rings is 1. The molecule has 2 aliphatic rings.